The van der Waals surface area contributed by atoms with E-state index in [-0.39, 0.29) is 5.69 Å². The zero-order valence-electron chi connectivity index (χ0n) is 11.4. The van der Waals surface area contributed by atoms with Gasteiger partial charge < -0.3 is 10.6 Å². The van der Waals surface area contributed by atoms with Gasteiger partial charge in [-0.05, 0) is 29.8 Å². The molecule has 0 saturated heterocycles. The lowest BCUT2D eigenvalue weighted by Crippen LogP contribution is -2.23. The Morgan fingerprint density at radius 3 is 2.41 bits per heavy atom. The molecular formula is C16H13F3N2O. The molecular weight excluding hydrogens is 293 g/mol. The third-order valence-corrected chi connectivity index (χ3v) is 2.74. The number of rotatable bonds is 3. The largest absolute Gasteiger partial charge is 0.416 e. The number of amides is 2. The minimum absolute atomic E-state index is 0.0698. The van der Waals surface area contributed by atoms with Crippen molar-refractivity contribution in [3.63, 3.8) is 0 Å². The summed E-state index contributed by atoms with van der Waals surface area (Å²) in [6.45, 7) is 0. The topological polar surface area (TPSA) is 41.1 Å². The van der Waals surface area contributed by atoms with E-state index in [1.54, 1.807) is 6.08 Å². The van der Waals surface area contributed by atoms with Gasteiger partial charge in [0.25, 0.3) is 0 Å². The van der Waals surface area contributed by atoms with Crippen LogP contribution >= 0.6 is 0 Å². The molecule has 0 saturated carbocycles. The number of benzene rings is 2. The van der Waals surface area contributed by atoms with Gasteiger partial charge >= 0.3 is 12.2 Å². The zero-order chi connectivity index (χ0) is 16.0. The van der Waals surface area contributed by atoms with Crippen LogP contribution in [-0.4, -0.2) is 6.03 Å². The van der Waals surface area contributed by atoms with Gasteiger partial charge in [-0.1, -0.05) is 36.4 Å². The molecule has 0 atom stereocenters. The predicted octanol–water partition coefficient (Wildman–Crippen LogP) is 4.50. The quantitative estimate of drug-likeness (QED) is 0.861. The lowest BCUT2D eigenvalue weighted by atomic mass is 10.2. The third-order valence-electron chi connectivity index (χ3n) is 2.74. The summed E-state index contributed by atoms with van der Waals surface area (Å²) in [5.74, 6) is 0. The fourth-order valence-corrected chi connectivity index (χ4v) is 1.72. The first-order chi connectivity index (χ1) is 10.4. The molecule has 2 aromatic rings. The number of nitrogens with one attached hydrogen (secondary N) is 2. The van der Waals surface area contributed by atoms with Gasteiger partial charge in [0.15, 0.2) is 0 Å². The molecule has 2 amide bonds. The van der Waals surface area contributed by atoms with Crippen LogP contribution in [0, 0.1) is 0 Å². The summed E-state index contributed by atoms with van der Waals surface area (Å²) in [6, 6.07) is 13.1. The Morgan fingerprint density at radius 2 is 1.73 bits per heavy atom. The number of carbonyl (C=O) groups is 1. The highest BCUT2D eigenvalue weighted by Crippen LogP contribution is 2.30. The maximum absolute atomic E-state index is 12.6. The summed E-state index contributed by atoms with van der Waals surface area (Å²) in [5, 5.41) is 4.77. The first-order valence-electron chi connectivity index (χ1n) is 6.41. The number of anilines is 1. The van der Waals surface area contributed by atoms with Gasteiger partial charge in [0.05, 0.1) is 5.56 Å². The zero-order valence-corrected chi connectivity index (χ0v) is 11.4. The number of hydrogen-bond acceptors (Lipinski definition) is 1. The summed E-state index contributed by atoms with van der Waals surface area (Å²) >= 11 is 0. The van der Waals surface area contributed by atoms with Crippen molar-refractivity contribution >= 4 is 17.8 Å². The van der Waals surface area contributed by atoms with Crippen LogP contribution in [0.2, 0.25) is 0 Å². The van der Waals surface area contributed by atoms with Gasteiger partial charge in [-0.25, -0.2) is 4.79 Å². The number of hydrogen-bond donors (Lipinski definition) is 2. The van der Waals surface area contributed by atoms with Crippen LogP contribution in [-0.2, 0) is 6.18 Å². The molecule has 0 aliphatic rings. The Bertz CT molecular complexity index is 667. The highest BCUT2D eigenvalue weighted by atomic mass is 19.4. The fraction of sp³-hybridized carbons (Fsp3) is 0.0625. The Morgan fingerprint density at radius 1 is 1.00 bits per heavy atom. The molecule has 0 aliphatic carbocycles. The second kappa shape index (κ2) is 6.80. The molecule has 0 heterocycles. The van der Waals surface area contributed by atoms with Gasteiger partial charge in [-0.3, -0.25) is 0 Å². The van der Waals surface area contributed by atoms with Crippen molar-refractivity contribution in [3.8, 4) is 0 Å². The minimum Gasteiger partial charge on any atom is -0.314 e. The first-order valence-corrected chi connectivity index (χ1v) is 6.41. The summed E-state index contributed by atoms with van der Waals surface area (Å²) < 4.78 is 37.7. The molecule has 22 heavy (non-hydrogen) atoms. The molecule has 2 aromatic carbocycles. The van der Waals surface area contributed by atoms with Gasteiger partial charge in [0, 0.05) is 11.9 Å². The highest BCUT2D eigenvalue weighted by Gasteiger charge is 2.30. The van der Waals surface area contributed by atoms with Crippen LogP contribution < -0.4 is 10.6 Å². The van der Waals surface area contributed by atoms with E-state index in [4.69, 9.17) is 0 Å². The molecule has 0 fully saturated rings. The molecule has 0 radical (unpaired) electrons. The first kappa shape index (κ1) is 15.6. The lowest BCUT2D eigenvalue weighted by molar-refractivity contribution is -0.137. The van der Waals surface area contributed by atoms with Crippen LogP contribution in [0.5, 0.6) is 0 Å². The fourth-order valence-electron chi connectivity index (χ4n) is 1.72. The van der Waals surface area contributed by atoms with Crippen molar-refractivity contribution in [2.75, 3.05) is 5.32 Å². The van der Waals surface area contributed by atoms with Crippen LogP contribution in [0.1, 0.15) is 11.1 Å². The van der Waals surface area contributed by atoms with Gasteiger partial charge in [-0.2, -0.15) is 13.2 Å². The second-order valence-electron chi connectivity index (χ2n) is 4.42. The minimum atomic E-state index is -4.44. The lowest BCUT2D eigenvalue weighted by Gasteiger charge is -2.09. The van der Waals surface area contributed by atoms with Crippen molar-refractivity contribution in [2.45, 2.75) is 6.18 Å². The van der Waals surface area contributed by atoms with E-state index in [0.29, 0.717) is 0 Å². The Labute approximate surface area is 125 Å². The Balaban J connectivity index is 1.94. The number of urea groups is 1. The maximum atomic E-state index is 12.6. The van der Waals surface area contributed by atoms with Gasteiger partial charge in [0.2, 0.25) is 0 Å². The number of halogens is 3. The molecule has 3 nitrogen and oxygen atoms in total. The van der Waals surface area contributed by atoms with E-state index >= 15 is 0 Å². The average Bonchev–Trinajstić information content (AvgIpc) is 2.48. The van der Waals surface area contributed by atoms with E-state index in [1.165, 1.54) is 18.3 Å². The van der Waals surface area contributed by atoms with Crippen molar-refractivity contribution in [2.24, 2.45) is 0 Å². The molecule has 2 rings (SSSR count). The summed E-state index contributed by atoms with van der Waals surface area (Å²) in [5.41, 5.74) is 0.146. The highest BCUT2D eigenvalue weighted by molar-refractivity contribution is 5.90. The van der Waals surface area contributed by atoms with E-state index in [1.807, 2.05) is 30.3 Å². The Kier molecular flexibility index (Phi) is 4.83. The Hall–Kier alpha value is -2.76. The van der Waals surface area contributed by atoms with Crippen LogP contribution in [0.3, 0.4) is 0 Å². The summed E-state index contributed by atoms with van der Waals surface area (Å²) in [7, 11) is 0. The van der Waals surface area contributed by atoms with E-state index < -0.39 is 17.8 Å². The molecule has 114 valence electrons. The van der Waals surface area contributed by atoms with Crippen molar-refractivity contribution in [1.82, 2.24) is 5.32 Å². The van der Waals surface area contributed by atoms with Crippen molar-refractivity contribution in [3.05, 3.63) is 71.9 Å². The van der Waals surface area contributed by atoms with Crippen LogP contribution in [0.15, 0.2) is 60.8 Å². The van der Waals surface area contributed by atoms with Crippen LogP contribution in [0.25, 0.3) is 6.08 Å². The maximum Gasteiger partial charge on any atom is 0.416 e. The molecule has 2 N–H and O–H groups in total. The van der Waals surface area contributed by atoms with Crippen molar-refractivity contribution < 1.29 is 18.0 Å². The standard InChI is InChI=1S/C16H13F3N2O/c17-16(18,19)13-7-4-8-14(11-13)21-15(22)20-10-9-12-5-2-1-3-6-12/h1-11H,(H2,20,21,22). The second-order valence-corrected chi connectivity index (χ2v) is 4.42. The van der Waals surface area contributed by atoms with E-state index in [0.717, 1.165) is 17.7 Å². The molecule has 0 bridgehead atoms. The smallest absolute Gasteiger partial charge is 0.314 e. The third kappa shape index (κ3) is 4.66. The van der Waals surface area contributed by atoms with Gasteiger partial charge in [0.1, 0.15) is 0 Å². The number of alkyl halides is 3. The summed E-state index contributed by atoms with van der Waals surface area (Å²) in [4.78, 5) is 11.6. The average molecular weight is 306 g/mol. The number of carbonyl (C=O) groups excluding carboxylic acids is 1. The normalized spacial score (nSPS) is 11.4. The van der Waals surface area contributed by atoms with Crippen LogP contribution in [0.4, 0.5) is 23.7 Å². The van der Waals surface area contributed by atoms with Gasteiger partial charge in [-0.15, -0.1) is 0 Å². The molecule has 0 spiro atoms. The van der Waals surface area contributed by atoms with E-state index in [9.17, 15) is 18.0 Å². The predicted molar refractivity (Wildman–Crippen MR) is 79.1 cm³/mol. The van der Waals surface area contributed by atoms with E-state index in [2.05, 4.69) is 10.6 Å². The molecule has 0 aromatic heterocycles. The molecule has 0 aliphatic heterocycles. The molecule has 0 unspecified atom stereocenters. The molecule has 6 heteroatoms. The SMILES string of the molecule is O=C(NC=Cc1ccccc1)Nc1cccc(C(F)(F)F)c1. The summed E-state index contributed by atoms with van der Waals surface area (Å²) in [6.07, 6.45) is -1.36. The monoisotopic (exact) mass is 306 g/mol. The van der Waals surface area contributed by atoms with Crippen molar-refractivity contribution in [1.29, 1.82) is 0 Å².